The van der Waals surface area contributed by atoms with Gasteiger partial charge in [-0.3, -0.25) is 4.79 Å². The van der Waals surface area contributed by atoms with Crippen molar-refractivity contribution in [2.75, 3.05) is 30.8 Å². The van der Waals surface area contributed by atoms with Crippen LogP contribution < -0.4 is 5.32 Å². The van der Waals surface area contributed by atoms with Crippen LogP contribution in [0.15, 0.2) is 9.24 Å². The number of ether oxygens (including phenoxy) is 1. The van der Waals surface area contributed by atoms with Gasteiger partial charge in [0.05, 0.1) is 6.61 Å². The molecular formula is C20H29N5O5S3. The Morgan fingerprint density at radius 2 is 1.85 bits per heavy atom. The Bertz CT molecular complexity index is 1130. The van der Waals surface area contributed by atoms with Crippen LogP contribution in [0.2, 0.25) is 0 Å². The fraction of sp³-hybridized carbons (Fsp3) is 0.600. The van der Waals surface area contributed by atoms with Crippen molar-refractivity contribution in [2.45, 2.75) is 49.8 Å². The molecule has 3 heterocycles. The van der Waals surface area contributed by atoms with Crippen molar-refractivity contribution in [3.8, 4) is 0 Å². The molecule has 3 rings (SSSR count). The molecule has 0 aliphatic carbocycles. The zero-order valence-electron chi connectivity index (χ0n) is 19.4. The lowest BCUT2D eigenvalue weighted by molar-refractivity contribution is -0.120. The Morgan fingerprint density at radius 3 is 2.45 bits per heavy atom. The SMILES string of the molecule is CCOC(=O)c1c(S(=O)(=O)N2CCC(C(=O)Nc3nnc(SCC)s3)CC2)c(C)n(C)c1C. The number of hydrogen-bond donors (Lipinski definition) is 1. The van der Waals surface area contributed by atoms with E-state index in [9.17, 15) is 18.0 Å². The molecule has 10 nitrogen and oxygen atoms in total. The van der Waals surface area contributed by atoms with E-state index in [-0.39, 0.29) is 42.0 Å². The van der Waals surface area contributed by atoms with Crippen LogP contribution in [0.25, 0.3) is 0 Å². The van der Waals surface area contributed by atoms with Crippen LogP contribution in [-0.4, -0.2) is 64.8 Å². The number of sulfonamides is 1. The van der Waals surface area contributed by atoms with Crippen molar-refractivity contribution in [3.05, 3.63) is 17.0 Å². The van der Waals surface area contributed by atoms with Gasteiger partial charge in [0.15, 0.2) is 4.34 Å². The van der Waals surface area contributed by atoms with Gasteiger partial charge < -0.3 is 14.6 Å². The number of amides is 1. The average Bonchev–Trinajstić information content (AvgIpc) is 3.31. The molecular weight excluding hydrogens is 486 g/mol. The third-order valence-electron chi connectivity index (χ3n) is 5.73. The second-order valence-electron chi connectivity index (χ2n) is 7.63. The first-order chi connectivity index (χ1) is 15.6. The minimum absolute atomic E-state index is 0.0151. The lowest BCUT2D eigenvalue weighted by atomic mass is 9.97. The van der Waals surface area contributed by atoms with E-state index in [1.54, 1.807) is 44.1 Å². The molecule has 0 atom stereocenters. The van der Waals surface area contributed by atoms with Crippen LogP contribution in [0.5, 0.6) is 0 Å². The Kier molecular flexibility index (Phi) is 8.19. The van der Waals surface area contributed by atoms with E-state index in [0.29, 0.717) is 29.4 Å². The minimum Gasteiger partial charge on any atom is -0.462 e. The van der Waals surface area contributed by atoms with Crippen molar-refractivity contribution < 1.29 is 22.7 Å². The molecule has 0 saturated carbocycles. The zero-order chi connectivity index (χ0) is 24.3. The molecule has 1 fully saturated rings. The molecule has 1 saturated heterocycles. The number of aromatic nitrogens is 3. The highest BCUT2D eigenvalue weighted by atomic mass is 32.2. The number of carbonyl (C=O) groups excluding carboxylic acids is 2. The van der Waals surface area contributed by atoms with Crippen LogP contribution in [0.1, 0.15) is 48.4 Å². The number of hydrogen-bond acceptors (Lipinski definition) is 9. The third-order valence-corrected chi connectivity index (χ3v) is 9.64. The second kappa shape index (κ2) is 10.5. The van der Waals surface area contributed by atoms with Gasteiger partial charge >= 0.3 is 5.97 Å². The number of thioether (sulfide) groups is 1. The first kappa shape index (κ1) is 25.7. The number of nitrogens with one attached hydrogen (secondary N) is 1. The van der Waals surface area contributed by atoms with Crippen LogP contribution in [0.3, 0.4) is 0 Å². The first-order valence-electron chi connectivity index (χ1n) is 10.7. The molecule has 33 heavy (non-hydrogen) atoms. The van der Waals surface area contributed by atoms with E-state index in [1.807, 2.05) is 6.92 Å². The lowest BCUT2D eigenvalue weighted by Gasteiger charge is -2.30. The van der Waals surface area contributed by atoms with E-state index in [4.69, 9.17) is 4.74 Å². The minimum atomic E-state index is -3.94. The Balaban J connectivity index is 1.73. The molecule has 2 aromatic heterocycles. The molecule has 0 bridgehead atoms. The fourth-order valence-electron chi connectivity index (χ4n) is 3.81. The summed E-state index contributed by atoms with van der Waals surface area (Å²) in [6.07, 6.45) is 0.750. The second-order valence-corrected chi connectivity index (χ2v) is 12.0. The van der Waals surface area contributed by atoms with Gasteiger partial charge in [-0.2, -0.15) is 4.31 Å². The summed E-state index contributed by atoms with van der Waals surface area (Å²) in [5.74, 6) is -0.293. The summed E-state index contributed by atoms with van der Waals surface area (Å²) in [5, 5.41) is 11.3. The normalized spacial score (nSPS) is 15.5. The van der Waals surface area contributed by atoms with Crippen LogP contribution in [0, 0.1) is 19.8 Å². The molecule has 1 aliphatic heterocycles. The van der Waals surface area contributed by atoms with E-state index in [2.05, 4.69) is 15.5 Å². The standard InChI is InChI=1S/C20H29N5O5S3/c1-6-30-18(27)15-12(3)24(5)13(4)16(15)33(28,29)25-10-8-14(9-11-25)17(26)21-19-22-23-20(32-19)31-7-2/h14H,6-11H2,1-5H3,(H,21,22,26). The summed E-state index contributed by atoms with van der Waals surface area (Å²) in [7, 11) is -2.22. The monoisotopic (exact) mass is 515 g/mol. The van der Waals surface area contributed by atoms with Gasteiger partial charge in [-0.15, -0.1) is 10.2 Å². The van der Waals surface area contributed by atoms with Crippen LogP contribution >= 0.6 is 23.1 Å². The van der Waals surface area contributed by atoms with E-state index in [0.717, 1.165) is 10.1 Å². The van der Waals surface area contributed by atoms with Crippen LogP contribution in [-0.2, 0) is 26.6 Å². The molecule has 2 aromatic rings. The van der Waals surface area contributed by atoms with Gasteiger partial charge in [-0.1, -0.05) is 30.0 Å². The number of piperidine rings is 1. The predicted octanol–water partition coefficient (Wildman–Crippen LogP) is 2.82. The van der Waals surface area contributed by atoms with Gasteiger partial charge in [0.25, 0.3) is 0 Å². The molecule has 0 unspecified atom stereocenters. The van der Waals surface area contributed by atoms with E-state index >= 15 is 0 Å². The van der Waals surface area contributed by atoms with Crippen LogP contribution in [0.4, 0.5) is 5.13 Å². The van der Waals surface area contributed by atoms with Gasteiger partial charge in [0, 0.05) is 37.4 Å². The smallest absolute Gasteiger partial charge is 0.341 e. The molecule has 13 heteroatoms. The van der Waals surface area contributed by atoms with Crippen molar-refractivity contribution in [1.82, 2.24) is 19.1 Å². The van der Waals surface area contributed by atoms with Crippen molar-refractivity contribution in [2.24, 2.45) is 13.0 Å². The largest absolute Gasteiger partial charge is 0.462 e. The van der Waals surface area contributed by atoms with Gasteiger partial charge in [0.1, 0.15) is 10.5 Å². The van der Waals surface area contributed by atoms with Gasteiger partial charge in [0.2, 0.25) is 21.1 Å². The number of nitrogens with zero attached hydrogens (tertiary/aromatic N) is 4. The highest BCUT2D eigenvalue weighted by molar-refractivity contribution is 8.01. The summed E-state index contributed by atoms with van der Waals surface area (Å²) < 4.78 is 36.0. The maximum absolute atomic E-state index is 13.5. The molecule has 0 aromatic carbocycles. The maximum atomic E-state index is 13.5. The van der Waals surface area contributed by atoms with Crippen molar-refractivity contribution >= 4 is 50.1 Å². The maximum Gasteiger partial charge on any atom is 0.341 e. The molecule has 0 spiro atoms. The van der Waals surface area contributed by atoms with E-state index < -0.39 is 16.0 Å². The van der Waals surface area contributed by atoms with E-state index in [1.165, 1.54) is 15.6 Å². The predicted molar refractivity (Wildman–Crippen MR) is 127 cm³/mol. The highest BCUT2D eigenvalue weighted by Crippen LogP contribution is 2.32. The molecule has 1 amide bonds. The molecule has 182 valence electrons. The topological polar surface area (TPSA) is 123 Å². The Hall–Kier alpha value is -1.96. The zero-order valence-corrected chi connectivity index (χ0v) is 21.8. The van der Waals surface area contributed by atoms with Gasteiger partial charge in [-0.05, 0) is 39.4 Å². The first-order valence-corrected chi connectivity index (χ1v) is 14.0. The van der Waals surface area contributed by atoms with Crippen molar-refractivity contribution in [3.63, 3.8) is 0 Å². The summed E-state index contributed by atoms with van der Waals surface area (Å²) in [4.78, 5) is 25.2. The molecule has 1 N–H and O–H groups in total. The summed E-state index contributed by atoms with van der Waals surface area (Å²) in [5.41, 5.74) is 1.10. The quantitative estimate of drug-likeness (QED) is 0.323. The Morgan fingerprint density at radius 1 is 1.18 bits per heavy atom. The highest BCUT2D eigenvalue weighted by Gasteiger charge is 2.38. The fourth-order valence-corrected chi connectivity index (χ4v) is 7.41. The molecule has 1 aliphatic rings. The number of rotatable bonds is 8. The average molecular weight is 516 g/mol. The number of carbonyl (C=O) groups is 2. The summed E-state index contributed by atoms with van der Waals surface area (Å²) >= 11 is 2.88. The number of anilines is 1. The van der Waals surface area contributed by atoms with Gasteiger partial charge in [-0.25, -0.2) is 13.2 Å². The Labute approximate surface area is 202 Å². The third kappa shape index (κ3) is 5.26. The molecule has 0 radical (unpaired) electrons. The number of esters is 1. The lowest BCUT2D eigenvalue weighted by Crippen LogP contribution is -2.41. The summed E-state index contributed by atoms with van der Waals surface area (Å²) in [6, 6.07) is 0. The van der Waals surface area contributed by atoms with Crippen molar-refractivity contribution in [1.29, 1.82) is 0 Å². The summed E-state index contributed by atoms with van der Waals surface area (Å²) in [6.45, 7) is 7.59.